The van der Waals surface area contributed by atoms with Gasteiger partial charge in [-0.25, -0.2) is 0 Å². The summed E-state index contributed by atoms with van der Waals surface area (Å²) >= 11 is 0. The molecule has 0 atom stereocenters. The summed E-state index contributed by atoms with van der Waals surface area (Å²) in [7, 11) is 0. The van der Waals surface area contributed by atoms with Gasteiger partial charge in [0.2, 0.25) is 5.91 Å². The highest BCUT2D eigenvalue weighted by atomic mass is 16.2. The van der Waals surface area contributed by atoms with E-state index in [0.717, 1.165) is 29.4 Å². The summed E-state index contributed by atoms with van der Waals surface area (Å²) in [5.41, 5.74) is 3.53. The monoisotopic (exact) mass is 332 g/mol. The third-order valence-electron chi connectivity index (χ3n) is 4.89. The average molecular weight is 332 g/mol. The maximum absolute atomic E-state index is 13.0. The summed E-state index contributed by atoms with van der Waals surface area (Å²) in [5.74, 6) is -0.0370. The smallest absolute Gasteiger partial charge is 0.254 e. The molecule has 1 amide bonds. The van der Waals surface area contributed by atoms with E-state index >= 15 is 0 Å². The molecule has 0 N–H and O–H groups in total. The van der Waals surface area contributed by atoms with Crippen molar-refractivity contribution in [3.63, 3.8) is 0 Å². The first-order valence-electron chi connectivity index (χ1n) is 8.62. The van der Waals surface area contributed by atoms with Gasteiger partial charge in [-0.15, -0.1) is 0 Å². The first-order valence-corrected chi connectivity index (χ1v) is 8.62. The van der Waals surface area contributed by atoms with E-state index in [1.807, 2.05) is 53.4 Å². The van der Waals surface area contributed by atoms with E-state index in [0.29, 0.717) is 12.1 Å². The zero-order valence-electron chi connectivity index (χ0n) is 14.2. The Morgan fingerprint density at radius 1 is 1.08 bits per heavy atom. The van der Waals surface area contributed by atoms with Crippen LogP contribution in [0.5, 0.6) is 0 Å². The number of carbonyl (C=O) groups excluding carboxylic acids is 1. The Hall–Kier alpha value is -2.88. The highest BCUT2D eigenvalue weighted by Crippen LogP contribution is 2.27. The number of fused-ring (bicyclic) bond motifs is 2. The normalized spacial score (nSPS) is 13.7. The average Bonchev–Trinajstić information content (AvgIpc) is 2.64. The standard InChI is InChI=1S/C21H20N2O2/c1-15-13-17-8-3-5-11-19(17)23(21(15)25)14-20(24)22-12-6-9-16-7-2-4-10-18(16)22/h2-5,7-8,10-11,13H,6,9,12,14H2,1H3. The molecule has 25 heavy (non-hydrogen) atoms. The Kier molecular flexibility index (Phi) is 3.88. The molecule has 4 rings (SSSR count). The van der Waals surface area contributed by atoms with Crippen LogP contribution in [0.1, 0.15) is 17.5 Å². The lowest BCUT2D eigenvalue weighted by molar-refractivity contribution is -0.119. The summed E-state index contributed by atoms with van der Waals surface area (Å²) in [6, 6.07) is 17.6. The van der Waals surface area contributed by atoms with Gasteiger partial charge in [-0.3, -0.25) is 14.2 Å². The molecule has 4 nitrogen and oxygen atoms in total. The van der Waals surface area contributed by atoms with Gasteiger partial charge in [-0.1, -0.05) is 36.4 Å². The van der Waals surface area contributed by atoms with Gasteiger partial charge in [-0.05, 0) is 48.9 Å². The molecule has 4 heteroatoms. The second-order valence-corrected chi connectivity index (χ2v) is 6.56. The van der Waals surface area contributed by atoms with Crippen LogP contribution < -0.4 is 10.5 Å². The molecule has 0 saturated heterocycles. The van der Waals surface area contributed by atoms with Crippen LogP contribution in [0.4, 0.5) is 5.69 Å². The van der Waals surface area contributed by atoms with Crippen molar-refractivity contribution in [2.24, 2.45) is 0 Å². The molecule has 0 spiro atoms. The third-order valence-corrected chi connectivity index (χ3v) is 4.89. The second kappa shape index (κ2) is 6.20. The van der Waals surface area contributed by atoms with Crippen molar-refractivity contribution in [2.45, 2.75) is 26.3 Å². The van der Waals surface area contributed by atoms with E-state index in [-0.39, 0.29) is 18.0 Å². The van der Waals surface area contributed by atoms with Crippen molar-refractivity contribution in [3.05, 3.63) is 76.1 Å². The highest BCUT2D eigenvalue weighted by molar-refractivity contribution is 5.95. The number of para-hydroxylation sites is 2. The van der Waals surface area contributed by atoms with Crippen LogP contribution >= 0.6 is 0 Å². The van der Waals surface area contributed by atoms with E-state index in [2.05, 4.69) is 6.07 Å². The lowest BCUT2D eigenvalue weighted by atomic mass is 10.0. The second-order valence-electron chi connectivity index (χ2n) is 6.56. The number of benzene rings is 2. The Morgan fingerprint density at radius 2 is 1.84 bits per heavy atom. The van der Waals surface area contributed by atoms with Crippen molar-refractivity contribution < 1.29 is 4.79 Å². The highest BCUT2D eigenvalue weighted by Gasteiger charge is 2.23. The van der Waals surface area contributed by atoms with Gasteiger partial charge < -0.3 is 4.90 Å². The van der Waals surface area contributed by atoms with E-state index in [4.69, 9.17) is 0 Å². The van der Waals surface area contributed by atoms with Gasteiger partial charge in [-0.2, -0.15) is 0 Å². The predicted molar refractivity (Wildman–Crippen MR) is 100 cm³/mol. The minimum Gasteiger partial charge on any atom is -0.311 e. The van der Waals surface area contributed by atoms with Gasteiger partial charge in [0, 0.05) is 17.8 Å². The molecule has 126 valence electrons. The van der Waals surface area contributed by atoms with Crippen molar-refractivity contribution >= 4 is 22.5 Å². The Morgan fingerprint density at radius 3 is 2.72 bits per heavy atom. The van der Waals surface area contributed by atoms with Crippen molar-refractivity contribution in [3.8, 4) is 0 Å². The van der Waals surface area contributed by atoms with Crippen LogP contribution in [0.3, 0.4) is 0 Å². The zero-order valence-corrected chi connectivity index (χ0v) is 14.2. The maximum atomic E-state index is 13.0. The molecule has 2 aromatic carbocycles. The third kappa shape index (κ3) is 2.74. The Balaban J connectivity index is 1.74. The Bertz CT molecular complexity index is 1020. The summed E-state index contributed by atoms with van der Waals surface area (Å²) in [4.78, 5) is 27.5. The summed E-state index contributed by atoms with van der Waals surface area (Å²) in [6.07, 6.45) is 1.94. The van der Waals surface area contributed by atoms with Crippen LogP contribution in [-0.2, 0) is 17.8 Å². The molecule has 0 unspecified atom stereocenters. The summed E-state index contributed by atoms with van der Waals surface area (Å²) < 4.78 is 1.60. The Labute approximate surface area is 146 Å². The lowest BCUT2D eigenvalue weighted by Crippen LogP contribution is -2.40. The molecule has 0 fully saturated rings. The van der Waals surface area contributed by atoms with Crippen molar-refractivity contribution in [1.29, 1.82) is 0 Å². The van der Waals surface area contributed by atoms with Gasteiger partial charge in [0.1, 0.15) is 6.54 Å². The van der Waals surface area contributed by atoms with Crippen LogP contribution in [-0.4, -0.2) is 17.0 Å². The van der Waals surface area contributed by atoms with Gasteiger partial charge in [0.25, 0.3) is 5.56 Å². The molecule has 2 heterocycles. The minimum absolute atomic E-state index is 0.0370. The van der Waals surface area contributed by atoms with E-state index < -0.39 is 0 Å². The topological polar surface area (TPSA) is 42.3 Å². The van der Waals surface area contributed by atoms with E-state index in [1.165, 1.54) is 5.56 Å². The number of hydrogen-bond acceptors (Lipinski definition) is 2. The lowest BCUT2D eigenvalue weighted by Gasteiger charge is -2.29. The molecule has 0 aliphatic carbocycles. The first kappa shape index (κ1) is 15.6. The number of aromatic nitrogens is 1. The van der Waals surface area contributed by atoms with Gasteiger partial charge >= 0.3 is 0 Å². The fourth-order valence-corrected chi connectivity index (χ4v) is 3.64. The molecule has 0 saturated carbocycles. The molecule has 1 aromatic heterocycles. The summed E-state index contributed by atoms with van der Waals surface area (Å²) in [6.45, 7) is 2.57. The van der Waals surface area contributed by atoms with Crippen LogP contribution in [0.25, 0.3) is 10.9 Å². The minimum atomic E-state index is -0.0997. The van der Waals surface area contributed by atoms with Crippen LogP contribution in [0.15, 0.2) is 59.4 Å². The fraction of sp³-hybridized carbons (Fsp3) is 0.238. The summed E-state index contributed by atoms with van der Waals surface area (Å²) in [5, 5.41) is 0.978. The molecule has 1 aliphatic rings. The van der Waals surface area contributed by atoms with Gasteiger partial charge in [0.05, 0.1) is 5.52 Å². The number of aryl methyl sites for hydroxylation is 2. The quantitative estimate of drug-likeness (QED) is 0.723. The molecule has 0 radical (unpaired) electrons. The van der Waals surface area contributed by atoms with Crippen LogP contribution in [0, 0.1) is 6.92 Å². The number of nitrogens with zero attached hydrogens (tertiary/aromatic N) is 2. The number of pyridine rings is 1. The maximum Gasteiger partial charge on any atom is 0.254 e. The molecular weight excluding hydrogens is 312 g/mol. The predicted octanol–water partition coefficient (Wildman–Crippen LogP) is 3.29. The fourth-order valence-electron chi connectivity index (χ4n) is 3.64. The van der Waals surface area contributed by atoms with E-state index in [1.54, 1.807) is 11.5 Å². The number of amides is 1. The SMILES string of the molecule is Cc1cc2ccccc2n(CC(=O)N2CCCc3ccccc32)c1=O. The van der Waals surface area contributed by atoms with E-state index in [9.17, 15) is 9.59 Å². The molecular formula is C21H20N2O2. The van der Waals surface area contributed by atoms with Crippen molar-refractivity contribution in [2.75, 3.05) is 11.4 Å². The van der Waals surface area contributed by atoms with Crippen molar-refractivity contribution in [1.82, 2.24) is 4.57 Å². The molecule has 1 aliphatic heterocycles. The zero-order chi connectivity index (χ0) is 17.4. The number of hydrogen-bond donors (Lipinski definition) is 0. The molecule has 3 aromatic rings. The number of rotatable bonds is 2. The van der Waals surface area contributed by atoms with Gasteiger partial charge in [0.15, 0.2) is 0 Å². The van der Waals surface area contributed by atoms with Crippen LogP contribution in [0.2, 0.25) is 0 Å². The number of carbonyl (C=O) groups is 1. The molecule has 0 bridgehead atoms. The largest absolute Gasteiger partial charge is 0.311 e. The first-order chi connectivity index (χ1) is 12.1. The number of anilines is 1.